The fourth-order valence-electron chi connectivity index (χ4n) is 5.08. The van der Waals surface area contributed by atoms with Crippen molar-refractivity contribution in [3.63, 3.8) is 0 Å². The molecule has 43 heavy (non-hydrogen) atoms. The van der Waals surface area contributed by atoms with E-state index in [9.17, 15) is 24.3 Å². The van der Waals surface area contributed by atoms with Crippen LogP contribution in [-0.4, -0.2) is 72.5 Å². The molecule has 13 heteroatoms. The standard InChI is InChI=1S/C30H33ClN6O6/c1-30(2,3)43-29(42)34-17-15-33(16-18-34)27-32-25-24(37(27)22-12-8-7-11-21(22)31)26(40)35(28(41)36(25)19-23(38)39)14-13-20-9-5-4-6-10-20/h4-12H,13-19H2,1-3H3,(H,38,39). The summed E-state index contributed by atoms with van der Waals surface area (Å²) in [6.45, 7) is 6.09. The number of aryl methyl sites for hydroxylation is 1. The number of amides is 1. The lowest BCUT2D eigenvalue weighted by Crippen LogP contribution is -2.50. The van der Waals surface area contributed by atoms with E-state index in [-0.39, 0.29) is 17.7 Å². The minimum Gasteiger partial charge on any atom is -0.480 e. The van der Waals surface area contributed by atoms with Crippen molar-refractivity contribution in [2.45, 2.75) is 45.9 Å². The number of halogens is 1. The van der Waals surface area contributed by atoms with Crippen molar-refractivity contribution < 1.29 is 19.4 Å². The van der Waals surface area contributed by atoms with Gasteiger partial charge in [-0.2, -0.15) is 4.98 Å². The lowest BCUT2D eigenvalue weighted by molar-refractivity contribution is -0.137. The number of nitrogens with zero attached hydrogens (tertiary/aromatic N) is 6. The zero-order valence-corrected chi connectivity index (χ0v) is 25.0. The number of rotatable bonds is 7. The van der Waals surface area contributed by atoms with E-state index in [0.29, 0.717) is 49.3 Å². The predicted octanol–water partition coefficient (Wildman–Crippen LogP) is 3.39. The Morgan fingerprint density at radius 1 is 0.953 bits per heavy atom. The third-order valence-electron chi connectivity index (χ3n) is 7.07. The number of carboxylic acid groups (broad SMARTS) is 1. The number of carboxylic acids is 1. The molecule has 0 radical (unpaired) electrons. The van der Waals surface area contributed by atoms with Crippen LogP contribution in [-0.2, 0) is 29.0 Å². The first-order valence-electron chi connectivity index (χ1n) is 13.9. The van der Waals surface area contributed by atoms with Crippen molar-refractivity contribution in [3.8, 4) is 5.69 Å². The number of carbonyl (C=O) groups excluding carboxylic acids is 1. The maximum absolute atomic E-state index is 14.1. The van der Waals surface area contributed by atoms with E-state index in [1.54, 1.807) is 54.5 Å². The molecule has 4 aromatic rings. The van der Waals surface area contributed by atoms with E-state index >= 15 is 0 Å². The van der Waals surface area contributed by atoms with Gasteiger partial charge in [0.15, 0.2) is 11.2 Å². The van der Waals surface area contributed by atoms with E-state index in [0.717, 1.165) is 14.7 Å². The number of hydrogen-bond donors (Lipinski definition) is 1. The Morgan fingerprint density at radius 2 is 1.60 bits per heavy atom. The largest absolute Gasteiger partial charge is 0.480 e. The van der Waals surface area contributed by atoms with Crippen LogP contribution in [0.15, 0.2) is 64.2 Å². The lowest BCUT2D eigenvalue weighted by Gasteiger charge is -2.36. The Hall–Kier alpha value is -4.58. The van der Waals surface area contributed by atoms with Gasteiger partial charge < -0.3 is 19.6 Å². The van der Waals surface area contributed by atoms with Crippen molar-refractivity contribution in [3.05, 3.63) is 86.0 Å². The molecule has 0 unspecified atom stereocenters. The average molecular weight is 609 g/mol. The van der Waals surface area contributed by atoms with Crippen LogP contribution in [0, 0.1) is 0 Å². The predicted molar refractivity (Wildman–Crippen MR) is 162 cm³/mol. The molecule has 3 heterocycles. The molecule has 1 N–H and O–H groups in total. The summed E-state index contributed by atoms with van der Waals surface area (Å²) >= 11 is 6.63. The molecule has 0 bridgehead atoms. The van der Waals surface area contributed by atoms with Crippen molar-refractivity contribution in [2.75, 3.05) is 31.1 Å². The van der Waals surface area contributed by atoms with Gasteiger partial charge in [0.25, 0.3) is 5.56 Å². The fourth-order valence-corrected chi connectivity index (χ4v) is 5.30. The highest BCUT2D eigenvalue weighted by Crippen LogP contribution is 2.30. The van der Waals surface area contributed by atoms with Crippen LogP contribution < -0.4 is 16.1 Å². The summed E-state index contributed by atoms with van der Waals surface area (Å²) < 4.78 is 9.17. The number of piperazine rings is 1. The summed E-state index contributed by atoms with van der Waals surface area (Å²) in [4.78, 5) is 60.4. The second kappa shape index (κ2) is 12.0. The molecular formula is C30H33ClN6O6. The van der Waals surface area contributed by atoms with Crippen LogP contribution in [0.3, 0.4) is 0 Å². The van der Waals surface area contributed by atoms with Gasteiger partial charge in [0, 0.05) is 32.7 Å². The highest BCUT2D eigenvalue weighted by atomic mass is 35.5. The third-order valence-corrected chi connectivity index (χ3v) is 7.39. The molecule has 12 nitrogen and oxygen atoms in total. The maximum Gasteiger partial charge on any atom is 0.410 e. The van der Waals surface area contributed by atoms with Gasteiger partial charge in [-0.15, -0.1) is 0 Å². The molecule has 1 aliphatic rings. The number of ether oxygens (including phenoxy) is 1. The first kappa shape index (κ1) is 29.9. The van der Waals surface area contributed by atoms with Gasteiger partial charge in [-0.25, -0.2) is 9.59 Å². The molecule has 0 spiro atoms. The molecule has 0 aliphatic carbocycles. The molecule has 1 saturated heterocycles. The Labute approximate surface area is 252 Å². The van der Waals surface area contributed by atoms with Crippen molar-refractivity contribution in [2.24, 2.45) is 0 Å². The third kappa shape index (κ3) is 6.29. The molecular weight excluding hydrogens is 576 g/mol. The summed E-state index contributed by atoms with van der Waals surface area (Å²) in [5, 5.41) is 10.0. The van der Waals surface area contributed by atoms with Crippen LogP contribution in [0.5, 0.6) is 0 Å². The molecule has 2 aromatic carbocycles. The van der Waals surface area contributed by atoms with Gasteiger partial charge >= 0.3 is 17.8 Å². The van der Waals surface area contributed by atoms with E-state index in [4.69, 9.17) is 21.3 Å². The van der Waals surface area contributed by atoms with Crippen LogP contribution >= 0.6 is 11.6 Å². The monoisotopic (exact) mass is 608 g/mol. The first-order chi connectivity index (χ1) is 20.4. The number of fused-ring (bicyclic) bond motifs is 1. The smallest absolute Gasteiger partial charge is 0.410 e. The number of aromatic nitrogens is 4. The molecule has 1 aliphatic heterocycles. The van der Waals surface area contributed by atoms with E-state index in [2.05, 4.69) is 0 Å². The van der Waals surface area contributed by atoms with Gasteiger partial charge in [-0.1, -0.05) is 54.1 Å². The highest BCUT2D eigenvalue weighted by Gasteiger charge is 2.31. The zero-order chi connectivity index (χ0) is 30.9. The summed E-state index contributed by atoms with van der Waals surface area (Å²) in [6, 6.07) is 16.3. The minimum absolute atomic E-state index is 0.0339. The molecule has 0 atom stereocenters. The number of anilines is 1. The lowest BCUT2D eigenvalue weighted by atomic mass is 10.1. The topological polar surface area (TPSA) is 132 Å². The van der Waals surface area contributed by atoms with Crippen molar-refractivity contribution in [1.82, 2.24) is 23.6 Å². The number of para-hydroxylation sites is 1. The average Bonchev–Trinajstić information content (AvgIpc) is 3.35. The summed E-state index contributed by atoms with van der Waals surface area (Å²) in [6.07, 6.45) is -0.0442. The Morgan fingerprint density at radius 3 is 2.23 bits per heavy atom. The summed E-state index contributed by atoms with van der Waals surface area (Å²) in [5.74, 6) is -0.945. The molecule has 5 rings (SSSR count). The van der Waals surface area contributed by atoms with Crippen molar-refractivity contribution in [1.29, 1.82) is 0 Å². The Balaban J connectivity index is 1.65. The quantitative estimate of drug-likeness (QED) is 0.338. The Bertz CT molecular complexity index is 1780. The number of hydrogen-bond acceptors (Lipinski definition) is 7. The van der Waals surface area contributed by atoms with Crippen molar-refractivity contribution >= 4 is 40.8 Å². The normalized spacial score (nSPS) is 13.9. The van der Waals surface area contributed by atoms with E-state index in [1.165, 1.54) is 0 Å². The fraction of sp³-hybridized carbons (Fsp3) is 0.367. The zero-order valence-electron chi connectivity index (χ0n) is 24.2. The van der Waals surface area contributed by atoms with Gasteiger partial charge in [0.05, 0.1) is 10.7 Å². The molecule has 226 valence electrons. The van der Waals surface area contributed by atoms with Gasteiger partial charge in [-0.3, -0.25) is 23.3 Å². The van der Waals surface area contributed by atoms with Crippen LogP contribution in [0.25, 0.3) is 16.9 Å². The number of benzene rings is 2. The number of aliphatic carboxylic acids is 1. The maximum atomic E-state index is 14.1. The Kier molecular flexibility index (Phi) is 8.32. The molecule has 2 aromatic heterocycles. The van der Waals surface area contributed by atoms with Gasteiger partial charge in [-0.05, 0) is 44.9 Å². The highest BCUT2D eigenvalue weighted by molar-refractivity contribution is 6.32. The van der Waals surface area contributed by atoms with E-state index in [1.807, 2.05) is 35.2 Å². The molecule has 1 fully saturated rings. The van der Waals surface area contributed by atoms with Crippen LogP contribution in [0.4, 0.5) is 10.7 Å². The SMILES string of the molecule is CC(C)(C)OC(=O)N1CCN(c2nc3c(c(=O)n(CCc4ccccc4)c(=O)n3CC(=O)O)n2-c2ccccc2Cl)CC1. The van der Waals surface area contributed by atoms with Crippen LogP contribution in [0.2, 0.25) is 5.02 Å². The number of carbonyl (C=O) groups is 2. The van der Waals surface area contributed by atoms with Crippen LogP contribution in [0.1, 0.15) is 26.3 Å². The first-order valence-corrected chi connectivity index (χ1v) is 14.3. The number of imidazole rings is 1. The molecule has 1 amide bonds. The van der Waals surface area contributed by atoms with Gasteiger partial charge in [0.1, 0.15) is 12.1 Å². The minimum atomic E-state index is -1.25. The molecule has 0 saturated carbocycles. The second-order valence-electron chi connectivity index (χ2n) is 11.3. The second-order valence-corrected chi connectivity index (χ2v) is 11.7. The summed E-state index contributed by atoms with van der Waals surface area (Å²) in [7, 11) is 0. The van der Waals surface area contributed by atoms with Gasteiger partial charge in [0.2, 0.25) is 5.95 Å². The van der Waals surface area contributed by atoms with E-state index < -0.39 is 35.5 Å². The summed E-state index contributed by atoms with van der Waals surface area (Å²) in [5.41, 5.74) is -0.667.